The standard InChI is InChI=1S/C13H17ClO/c1-10-9-13(15-3)11(2)8-12(10)6-4-5-7-14/h4,6,8-9H,5,7H2,1-3H3/b6-4+. The van der Waals surface area contributed by atoms with Gasteiger partial charge in [0.05, 0.1) is 7.11 Å². The van der Waals surface area contributed by atoms with Crippen LogP contribution in [0.15, 0.2) is 18.2 Å². The fraction of sp³-hybridized carbons (Fsp3) is 0.385. The first-order valence-corrected chi connectivity index (χ1v) is 5.60. The molecular weight excluding hydrogens is 208 g/mol. The summed E-state index contributed by atoms with van der Waals surface area (Å²) in [6.45, 7) is 4.14. The molecule has 1 rings (SSSR count). The van der Waals surface area contributed by atoms with Crippen LogP contribution < -0.4 is 4.74 Å². The zero-order valence-corrected chi connectivity index (χ0v) is 10.3. The molecule has 0 aromatic heterocycles. The number of hydrogen-bond acceptors (Lipinski definition) is 1. The van der Waals surface area contributed by atoms with Gasteiger partial charge in [0, 0.05) is 5.88 Å². The molecule has 0 atom stereocenters. The van der Waals surface area contributed by atoms with Crippen molar-refractivity contribution in [3.05, 3.63) is 34.9 Å². The minimum Gasteiger partial charge on any atom is -0.496 e. The van der Waals surface area contributed by atoms with Gasteiger partial charge in [-0.15, -0.1) is 11.6 Å². The molecule has 0 bridgehead atoms. The molecule has 1 nitrogen and oxygen atoms in total. The number of aryl methyl sites for hydroxylation is 2. The van der Waals surface area contributed by atoms with Crippen molar-refractivity contribution >= 4 is 17.7 Å². The smallest absolute Gasteiger partial charge is 0.122 e. The van der Waals surface area contributed by atoms with Crippen LogP contribution in [0.4, 0.5) is 0 Å². The van der Waals surface area contributed by atoms with Gasteiger partial charge in [0.2, 0.25) is 0 Å². The van der Waals surface area contributed by atoms with E-state index in [0.717, 1.165) is 17.7 Å². The second-order valence-electron chi connectivity index (χ2n) is 3.56. The normalized spacial score (nSPS) is 10.9. The van der Waals surface area contributed by atoms with E-state index in [1.807, 2.05) is 0 Å². The fourth-order valence-electron chi connectivity index (χ4n) is 1.48. The van der Waals surface area contributed by atoms with Crippen LogP contribution in [0.1, 0.15) is 23.1 Å². The van der Waals surface area contributed by atoms with Crippen molar-refractivity contribution in [3.8, 4) is 5.75 Å². The molecule has 0 aliphatic carbocycles. The third-order valence-electron chi connectivity index (χ3n) is 2.36. The second-order valence-corrected chi connectivity index (χ2v) is 3.94. The minimum atomic E-state index is 0.671. The Hall–Kier alpha value is -0.950. The van der Waals surface area contributed by atoms with E-state index in [9.17, 15) is 0 Å². The summed E-state index contributed by atoms with van der Waals surface area (Å²) in [7, 11) is 1.70. The molecule has 1 aromatic carbocycles. The highest BCUT2D eigenvalue weighted by Gasteiger charge is 2.01. The van der Waals surface area contributed by atoms with Crippen molar-refractivity contribution < 1.29 is 4.74 Å². The van der Waals surface area contributed by atoms with Crippen molar-refractivity contribution in [1.29, 1.82) is 0 Å². The molecule has 0 saturated heterocycles. The van der Waals surface area contributed by atoms with Crippen molar-refractivity contribution in [1.82, 2.24) is 0 Å². The van der Waals surface area contributed by atoms with Crippen LogP contribution in [0.2, 0.25) is 0 Å². The van der Waals surface area contributed by atoms with Crippen LogP contribution in [-0.2, 0) is 0 Å². The van der Waals surface area contributed by atoms with E-state index < -0.39 is 0 Å². The van der Waals surface area contributed by atoms with E-state index in [-0.39, 0.29) is 0 Å². The summed E-state index contributed by atoms with van der Waals surface area (Å²) in [4.78, 5) is 0. The molecule has 0 unspecified atom stereocenters. The third-order valence-corrected chi connectivity index (χ3v) is 2.57. The number of benzene rings is 1. The van der Waals surface area contributed by atoms with Crippen LogP contribution in [-0.4, -0.2) is 13.0 Å². The summed E-state index contributed by atoms with van der Waals surface area (Å²) in [6, 6.07) is 4.20. The highest BCUT2D eigenvalue weighted by atomic mass is 35.5. The van der Waals surface area contributed by atoms with Gasteiger partial charge >= 0.3 is 0 Å². The van der Waals surface area contributed by atoms with Gasteiger partial charge in [0.1, 0.15) is 5.75 Å². The molecule has 0 amide bonds. The number of hydrogen-bond donors (Lipinski definition) is 0. The topological polar surface area (TPSA) is 9.23 Å². The number of allylic oxidation sites excluding steroid dienone is 1. The number of halogens is 1. The molecule has 0 saturated carbocycles. The lowest BCUT2D eigenvalue weighted by Gasteiger charge is -2.08. The van der Waals surface area contributed by atoms with Crippen molar-refractivity contribution in [2.24, 2.45) is 0 Å². The molecular formula is C13H17ClO. The van der Waals surface area contributed by atoms with Gasteiger partial charge in [0.25, 0.3) is 0 Å². The molecule has 82 valence electrons. The van der Waals surface area contributed by atoms with Gasteiger partial charge < -0.3 is 4.74 Å². The first kappa shape index (κ1) is 12.1. The van der Waals surface area contributed by atoms with E-state index in [1.54, 1.807) is 7.11 Å². The SMILES string of the molecule is COc1cc(C)c(/C=C/CCCl)cc1C. The van der Waals surface area contributed by atoms with Gasteiger partial charge in [-0.2, -0.15) is 0 Å². The monoisotopic (exact) mass is 224 g/mol. The summed E-state index contributed by atoms with van der Waals surface area (Å²) in [6.07, 6.45) is 5.12. The highest BCUT2D eigenvalue weighted by Crippen LogP contribution is 2.23. The Labute approximate surface area is 96.7 Å². The van der Waals surface area contributed by atoms with E-state index in [0.29, 0.717) is 5.88 Å². The molecule has 0 aliphatic heterocycles. The zero-order valence-electron chi connectivity index (χ0n) is 9.51. The summed E-state index contributed by atoms with van der Waals surface area (Å²) >= 11 is 5.62. The predicted molar refractivity (Wildman–Crippen MR) is 66.8 cm³/mol. The lowest BCUT2D eigenvalue weighted by molar-refractivity contribution is 0.411. The molecule has 0 aliphatic rings. The van der Waals surface area contributed by atoms with Gasteiger partial charge in [-0.05, 0) is 49.1 Å². The van der Waals surface area contributed by atoms with Crippen molar-refractivity contribution in [2.75, 3.05) is 13.0 Å². The molecule has 0 N–H and O–H groups in total. The van der Waals surface area contributed by atoms with Crippen LogP contribution in [0.3, 0.4) is 0 Å². The first-order chi connectivity index (χ1) is 7.19. The molecule has 15 heavy (non-hydrogen) atoms. The van der Waals surface area contributed by atoms with E-state index in [1.165, 1.54) is 11.1 Å². The van der Waals surface area contributed by atoms with E-state index >= 15 is 0 Å². The minimum absolute atomic E-state index is 0.671. The molecule has 2 heteroatoms. The second kappa shape index (κ2) is 5.82. The summed E-state index contributed by atoms with van der Waals surface area (Å²) in [5, 5.41) is 0. The lowest BCUT2D eigenvalue weighted by atomic mass is 10.0. The third kappa shape index (κ3) is 3.28. The summed E-state index contributed by atoms with van der Waals surface area (Å²) < 4.78 is 5.26. The predicted octanol–water partition coefficient (Wildman–Crippen LogP) is 3.95. The van der Waals surface area contributed by atoms with Crippen molar-refractivity contribution in [3.63, 3.8) is 0 Å². The Kier molecular flexibility index (Phi) is 4.70. The molecule has 0 heterocycles. The Morgan fingerprint density at radius 3 is 2.60 bits per heavy atom. The average molecular weight is 225 g/mol. The quantitative estimate of drug-likeness (QED) is 0.704. The summed E-state index contributed by atoms with van der Waals surface area (Å²) in [5.41, 5.74) is 3.62. The Morgan fingerprint density at radius 1 is 1.27 bits per heavy atom. The number of alkyl halides is 1. The average Bonchev–Trinajstić information content (AvgIpc) is 2.23. The van der Waals surface area contributed by atoms with Crippen molar-refractivity contribution in [2.45, 2.75) is 20.3 Å². The highest BCUT2D eigenvalue weighted by molar-refractivity contribution is 6.17. The van der Waals surface area contributed by atoms with E-state index in [4.69, 9.17) is 16.3 Å². The fourth-order valence-corrected chi connectivity index (χ4v) is 1.61. The van der Waals surface area contributed by atoms with Gasteiger partial charge in [-0.3, -0.25) is 0 Å². The number of methoxy groups -OCH3 is 1. The maximum atomic E-state index is 5.62. The number of ether oxygens (including phenoxy) is 1. The van der Waals surface area contributed by atoms with Crippen LogP contribution in [0, 0.1) is 13.8 Å². The Balaban J connectivity index is 2.95. The summed E-state index contributed by atoms with van der Waals surface area (Å²) in [5.74, 6) is 1.62. The first-order valence-electron chi connectivity index (χ1n) is 5.06. The van der Waals surface area contributed by atoms with Gasteiger partial charge in [0.15, 0.2) is 0 Å². The maximum absolute atomic E-state index is 5.62. The van der Waals surface area contributed by atoms with Crippen LogP contribution in [0.5, 0.6) is 5.75 Å². The van der Waals surface area contributed by atoms with Crippen LogP contribution in [0.25, 0.3) is 6.08 Å². The molecule has 0 spiro atoms. The maximum Gasteiger partial charge on any atom is 0.122 e. The Morgan fingerprint density at radius 2 is 2.00 bits per heavy atom. The Bertz CT molecular complexity index is 356. The molecule has 0 radical (unpaired) electrons. The molecule has 0 fully saturated rings. The number of rotatable bonds is 4. The molecule has 1 aromatic rings. The van der Waals surface area contributed by atoms with E-state index in [2.05, 4.69) is 38.1 Å². The lowest BCUT2D eigenvalue weighted by Crippen LogP contribution is -1.90. The zero-order chi connectivity index (χ0) is 11.3. The largest absolute Gasteiger partial charge is 0.496 e. The van der Waals surface area contributed by atoms with Crippen LogP contribution >= 0.6 is 11.6 Å². The van der Waals surface area contributed by atoms with Gasteiger partial charge in [-0.25, -0.2) is 0 Å². The van der Waals surface area contributed by atoms with Gasteiger partial charge in [-0.1, -0.05) is 12.2 Å².